The Labute approximate surface area is 231 Å². The second-order valence-corrected chi connectivity index (χ2v) is 14.8. The number of carbonyl (C=O) groups excluding carboxylic acids is 4. The van der Waals surface area contributed by atoms with Crippen LogP contribution in [0.25, 0.3) is 0 Å². The molecule has 2 saturated carbocycles. The van der Waals surface area contributed by atoms with E-state index in [1.165, 1.54) is 4.90 Å². The Morgan fingerprint density at radius 3 is 2.18 bits per heavy atom. The zero-order chi connectivity index (χ0) is 29.6. The highest BCUT2D eigenvalue weighted by Gasteiger charge is 2.61. The van der Waals surface area contributed by atoms with Crippen LogP contribution in [-0.2, 0) is 29.1 Å². The molecule has 0 aromatic heterocycles. The second kappa shape index (κ2) is 10.6. The molecule has 0 bridgehead atoms. The van der Waals surface area contributed by atoms with Gasteiger partial charge in [-0.1, -0.05) is 27.4 Å². The fourth-order valence-electron chi connectivity index (χ4n) is 4.94. The van der Waals surface area contributed by atoms with Crippen molar-refractivity contribution in [2.75, 3.05) is 6.54 Å². The number of nitrogens with one attached hydrogen (secondary N) is 3. The first kappa shape index (κ1) is 30.7. The number of nitrogens with zero attached hydrogens (tertiary/aromatic N) is 1. The Kier molecular flexibility index (Phi) is 8.35. The van der Waals surface area contributed by atoms with Gasteiger partial charge in [0.25, 0.3) is 0 Å². The Balaban J connectivity index is 1.74. The minimum absolute atomic E-state index is 0.225. The Morgan fingerprint density at radius 1 is 1.08 bits per heavy atom. The van der Waals surface area contributed by atoms with Gasteiger partial charge in [-0.3, -0.25) is 19.1 Å². The van der Waals surface area contributed by atoms with E-state index < -0.39 is 73.6 Å². The molecular formula is C27H42N4O7S. The van der Waals surface area contributed by atoms with Crippen LogP contribution >= 0.6 is 0 Å². The zero-order valence-corrected chi connectivity index (χ0v) is 24.8. The summed E-state index contributed by atoms with van der Waals surface area (Å²) in [6.07, 6.45) is 1.52. The first-order valence-corrected chi connectivity index (χ1v) is 14.9. The van der Waals surface area contributed by atoms with Crippen LogP contribution in [0, 0.1) is 10.8 Å². The number of rotatable bonds is 8. The molecule has 4 atom stereocenters. The Bertz CT molecular complexity index is 1190. The molecule has 2 aliphatic carbocycles. The van der Waals surface area contributed by atoms with Crippen LogP contribution in [0.15, 0.2) is 17.9 Å². The van der Waals surface area contributed by atoms with Crippen molar-refractivity contribution in [1.29, 1.82) is 0 Å². The van der Waals surface area contributed by atoms with Crippen molar-refractivity contribution in [1.82, 2.24) is 20.3 Å². The fraction of sp³-hybridized carbons (Fsp3) is 0.741. The van der Waals surface area contributed by atoms with E-state index in [1.54, 1.807) is 27.7 Å². The molecule has 1 aliphatic heterocycles. The van der Waals surface area contributed by atoms with Gasteiger partial charge in [0.05, 0.1) is 5.25 Å². The van der Waals surface area contributed by atoms with Gasteiger partial charge in [-0.15, -0.1) is 5.73 Å². The summed E-state index contributed by atoms with van der Waals surface area (Å²) in [5, 5.41) is 4.95. The molecule has 0 spiro atoms. The SMILES string of the molecule is C=C=C1C[C@@]1(C(=O)NS(=O)(=O)C1CC1)[C@H](C)NC(=O)[C@@H]1CCCN1C(=O)[C@@H](NC(=O)OC(C)(C)C)C(C)(C)C. The molecule has 3 N–H and O–H groups in total. The maximum atomic E-state index is 13.7. The molecule has 0 aromatic rings. The van der Waals surface area contributed by atoms with Gasteiger partial charge in [0, 0.05) is 12.6 Å². The lowest BCUT2D eigenvalue weighted by Gasteiger charge is -2.36. The second-order valence-electron chi connectivity index (χ2n) is 12.8. The topological polar surface area (TPSA) is 151 Å². The van der Waals surface area contributed by atoms with Crippen molar-refractivity contribution in [2.24, 2.45) is 10.8 Å². The summed E-state index contributed by atoms with van der Waals surface area (Å²) in [5.41, 5.74) is 0.542. The summed E-state index contributed by atoms with van der Waals surface area (Å²) >= 11 is 0. The van der Waals surface area contributed by atoms with Gasteiger partial charge >= 0.3 is 6.09 Å². The Morgan fingerprint density at radius 2 is 1.69 bits per heavy atom. The molecule has 1 heterocycles. The minimum atomic E-state index is -3.78. The van der Waals surface area contributed by atoms with E-state index in [2.05, 4.69) is 27.7 Å². The van der Waals surface area contributed by atoms with Gasteiger partial charge in [-0.25, -0.2) is 13.2 Å². The molecule has 11 nitrogen and oxygen atoms in total. The number of amides is 4. The third-order valence-electron chi connectivity index (χ3n) is 7.40. The van der Waals surface area contributed by atoms with Crippen molar-refractivity contribution in [3.05, 3.63) is 17.9 Å². The number of likely N-dealkylation sites (tertiary alicyclic amines) is 1. The molecule has 1 saturated heterocycles. The number of hydrogen-bond donors (Lipinski definition) is 3. The van der Waals surface area contributed by atoms with Gasteiger partial charge in [0.1, 0.15) is 23.1 Å². The largest absolute Gasteiger partial charge is 0.444 e. The summed E-state index contributed by atoms with van der Waals surface area (Å²) in [5.74, 6) is -1.56. The minimum Gasteiger partial charge on any atom is -0.444 e. The molecule has 39 heavy (non-hydrogen) atoms. The first-order chi connectivity index (χ1) is 17.8. The predicted octanol–water partition coefficient (Wildman–Crippen LogP) is 2.13. The average Bonchev–Trinajstić information content (AvgIpc) is 3.70. The van der Waals surface area contributed by atoms with Gasteiger partial charge in [-0.05, 0) is 70.8 Å². The van der Waals surface area contributed by atoms with Gasteiger partial charge in [-0.2, -0.15) is 0 Å². The molecule has 3 fully saturated rings. The molecule has 0 unspecified atom stereocenters. The number of ether oxygens (including phenoxy) is 1. The Hall–Kier alpha value is -2.85. The lowest BCUT2D eigenvalue weighted by atomic mass is 9.85. The lowest BCUT2D eigenvalue weighted by molar-refractivity contribution is -0.142. The van der Waals surface area contributed by atoms with E-state index in [1.807, 2.05) is 20.8 Å². The van der Waals surface area contributed by atoms with Crippen molar-refractivity contribution >= 4 is 33.8 Å². The van der Waals surface area contributed by atoms with E-state index in [-0.39, 0.29) is 6.42 Å². The van der Waals surface area contributed by atoms with Gasteiger partial charge in [0.15, 0.2) is 0 Å². The third kappa shape index (κ3) is 6.84. The maximum Gasteiger partial charge on any atom is 0.408 e. The molecule has 218 valence electrons. The van der Waals surface area contributed by atoms with Crippen molar-refractivity contribution in [2.45, 2.75) is 110 Å². The molecular weight excluding hydrogens is 524 g/mol. The van der Waals surface area contributed by atoms with E-state index in [4.69, 9.17) is 4.74 Å². The molecule has 4 amide bonds. The first-order valence-electron chi connectivity index (χ1n) is 13.4. The summed E-state index contributed by atoms with van der Waals surface area (Å²) in [6, 6.07) is -2.52. The third-order valence-corrected chi connectivity index (χ3v) is 9.22. The summed E-state index contributed by atoms with van der Waals surface area (Å²) in [7, 11) is -3.78. The average molecular weight is 567 g/mol. The van der Waals surface area contributed by atoms with Crippen LogP contribution in [0.3, 0.4) is 0 Å². The van der Waals surface area contributed by atoms with E-state index in [0.29, 0.717) is 37.8 Å². The standard InChI is InChI=1S/C27H42N4O7S/c1-9-17-15-27(17,23(34)30-39(36,37)18-12-13-18)16(2)28-21(32)19-11-10-14-31(19)22(33)20(25(3,4)5)29-24(35)38-26(6,7)8/h16,18-20H,1,10-15H2,2-8H3,(H,28,32)(H,29,35)(H,30,34)/t16-,19-,20+,27+/m0/s1. The quantitative estimate of drug-likeness (QED) is 0.381. The molecule has 3 aliphatic rings. The molecule has 3 rings (SSSR count). The smallest absolute Gasteiger partial charge is 0.408 e. The highest BCUT2D eigenvalue weighted by molar-refractivity contribution is 7.90. The normalized spacial score (nSPS) is 24.7. The van der Waals surface area contributed by atoms with E-state index in [9.17, 15) is 27.6 Å². The number of sulfonamides is 1. The summed E-state index contributed by atoms with van der Waals surface area (Å²) in [6.45, 7) is 16.2. The highest BCUT2D eigenvalue weighted by Crippen LogP contribution is 2.54. The van der Waals surface area contributed by atoms with Crippen molar-refractivity contribution in [3.8, 4) is 0 Å². The fourth-order valence-corrected chi connectivity index (χ4v) is 6.30. The van der Waals surface area contributed by atoms with Gasteiger partial charge in [0.2, 0.25) is 27.7 Å². The van der Waals surface area contributed by atoms with Crippen LogP contribution in [0.1, 0.15) is 80.6 Å². The zero-order valence-electron chi connectivity index (χ0n) is 24.0. The van der Waals surface area contributed by atoms with Crippen LogP contribution in [0.4, 0.5) is 4.79 Å². The number of hydrogen-bond acceptors (Lipinski definition) is 7. The summed E-state index contributed by atoms with van der Waals surface area (Å²) < 4.78 is 32.3. The number of carbonyl (C=O) groups is 4. The van der Waals surface area contributed by atoms with Crippen molar-refractivity contribution in [3.63, 3.8) is 0 Å². The monoisotopic (exact) mass is 566 g/mol. The molecule has 12 heteroatoms. The molecule has 0 radical (unpaired) electrons. The predicted molar refractivity (Wildman–Crippen MR) is 145 cm³/mol. The van der Waals surface area contributed by atoms with E-state index >= 15 is 0 Å². The van der Waals surface area contributed by atoms with Gasteiger partial charge < -0.3 is 20.3 Å². The maximum absolute atomic E-state index is 13.7. The van der Waals surface area contributed by atoms with Crippen LogP contribution in [0.2, 0.25) is 0 Å². The van der Waals surface area contributed by atoms with Crippen molar-refractivity contribution < 1.29 is 32.3 Å². The van der Waals surface area contributed by atoms with Crippen LogP contribution < -0.4 is 15.4 Å². The summed E-state index contributed by atoms with van der Waals surface area (Å²) in [4.78, 5) is 54.2. The van der Waals surface area contributed by atoms with Crippen LogP contribution in [-0.4, -0.2) is 72.7 Å². The number of alkyl carbamates (subject to hydrolysis) is 1. The van der Waals surface area contributed by atoms with Crippen LogP contribution in [0.5, 0.6) is 0 Å². The molecule has 0 aromatic carbocycles. The van der Waals surface area contributed by atoms with E-state index in [0.717, 1.165) is 0 Å². The lowest BCUT2D eigenvalue weighted by Crippen LogP contribution is -2.59. The highest BCUT2D eigenvalue weighted by atomic mass is 32.2.